The summed E-state index contributed by atoms with van der Waals surface area (Å²) in [4.78, 5) is 14.2. The van der Waals surface area contributed by atoms with Crippen LogP contribution in [0.1, 0.15) is 51.9 Å². The molecular formula is C14H26N2O. The van der Waals surface area contributed by atoms with Gasteiger partial charge in [0.15, 0.2) is 0 Å². The Morgan fingerprint density at radius 3 is 2.76 bits per heavy atom. The highest BCUT2D eigenvalue weighted by atomic mass is 16.2. The van der Waals surface area contributed by atoms with Gasteiger partial charge in [-0.05, 0) is 31.7 Å². The Labute approximate surface area is 105 Å². The summed E-state index contributed by atoms with van der Waals surface area (Å²) in [5.74, 6) is 1.24. The molecule has 2 fully saturated rings. The molecular weight excluding hydrogens is 212 g/mol. The Balaban J connectivity index is 1.69. The van der Waals surface area contributed by atoms with E-state index in [2.05, 4.69) is 17.1 Å². The maximum Gasteiger partial charge on any atom is 0.239 e. The molecule has 3 heteroatoms. The second kappa shape index (κ2) is 6.39. The van der Waals surface area contributed by atoms with Crippen molar-refractivity contribution < 1.29 is 4.79 Å². The van der Waals surface area contributed by atoms with Crippen molar-refractivity contribution in [3.05, 3.63) is 0 Å². The molecule has 2 rings (SSSR count). The lowest BCUT2D eigenvalue weighted by atomic mass is 10.0. The van der Waals surface area contributed by atoms with Gasteiger partial charge < -0.3 is 10.2 Å². The van der Waals surface area contributed by atoms with Gasteiger partial charge in [-0.2, -0.15) is 0 Å². The van der Waals surface area contributed by atoms with E-state index in [0.717, 1.165) is 38.4 Å². The molecule has 0 aromatic carbocycles. The van der Waals surface area contributed by atoms with E-state index in [1.54, 1.807) is 0 Å². The maximum atomic E-state index is 12.1. The fourth-order valence-corrected chi connectivity index (χ4v) is 3.11. The number of carbonyl (C=O) groups is 1. The summed E-state index contributed by atoms with van der Waals surface area (Å²) in [6.45, 7) is 5.07. The van der Waals surface area contributed by atoms with Gasteiger partial charge in [0.1, 0.15) is 0 Å². The largest absolute Gasteiger partial charge is 0.341 e. The average molecular weight is 238 g/mol. The Morgan fingerprint density at radius 2 is 2.06 bits per heavy atom. The van der Waals surface area contributed by atoms with Gasteiger partial charge in [0.05, 0.1) is 6.04 Å². The molecule has 1 heterocycles. The topological polar surface area (TPSA) is 32.3 Å². The molecule has 3 nitrogen and oxygen atoms in total. The van der Waals surface area contributed by atoms with E-state index in [1.165, 1.54) is 32.1 Å². The summed E-state index contributed by atoms with van der Waals surface area (Å²) < 4.78 is 0. The van der Waals surface area contributed by atoms with Crippen LogP contribution in [0.15, 0.2) is 0 Å². The van der Waals surface area contributed by atoms with E-state index in [9.17, 15) is 4.79 Å². The summed E-state index contributed by atoms with van der Waals surface area (Å²) in [5, 5.41) is 3.35. The minimum absolute atomic E-state index is 0.110. The van der Waals surface area contributed by atoms with Crippen molar-refractivity contribution in [3.63, 3.8) is 0 Å². The highest BCUT2D eigenvalue weighted by molar-refractivity contribution is 5.83. The van der Waals surface area contributed by atoms with Crippen molar-refractivity contribution in [2.24, 2.45) is 5.92 Å². The summed E-state index contributed by atoms with van der Waals surface area (Å²) in [7, 11) is 0. The molecule has 1 amide bonds. The lowest BCUT2D eigenvalue weighted by Crippen LogP contribution is -2.39. The molecule has 1 saturated carbocycles. The Bertz CT molecular complexity index is 249. The molecule has 98 valence electrons. The van der Waals surface area contributed by atoms with Crippen LogP contribution in [-0.2, 0) is 4.79 Å². The zero-order valence-corrected chi connectivity index (χ0v) is 11.1. The van der Waals surface area contributed by atoms with Gasteiger partial charge in [0, 0.05) is 13.1 Å². The third-order valence-corrected chi connectivity index (χ3v) is 4.22. The average Bonchev–Trinajstić information content (AvgIpc) is 2.95. The van der Waals surface area contributed by atoms with Crippen molar-refractivity contribution in [2.75, 3.05) is 19.6 Å². The van der Waals surface area contributed by atoms with Gasteiger partial charge in [-0.3, -0.25) is 4.79 Å². The zero-order chi connectivity index (χ0) is 12.1. The highest BCUT2D eigenvalue weighted by Crippen LogP contribution is 2.28. The first kappa shape index (κ1) is 12.9. The number of nitrogens with zero attached hydrogens (tertiary/aromatic N) is 1. The number of rotatable bonds is 6. The number of nitrogens with one attached hydrogen (secondary N) is 1. The van der Waals surface area contributed by atoms with Crippen LogP contribution in [0.25, 0.3) is 0 Å². The molecule has 0 radical (unpaired) electrons. The Hall–Kier alpha value is -0.570. The van der Waals surface area contributed by atoms with Crippen molar-refractivity contribution in [1.82, 2.24) is 10.2 Å². The molecule has 17 heavy (non-hydrogen) atoms. The lowest BCUT2D eigenvalue weighted by molar-refractivity contribution is -0.129. The van der Waals surface area contributed by atoms with Crippen LogP contribution in [0.5, 0.6) is 0 Å². The zero-order valence-electron chi connectivity index (χ0n) is 11.1. The van der Waals surface area contributed by atoms with Crippen LogP contribution in [0, 0.1) is 5.92 Å². The van der Waals surface area contributed by atoms with Crippen LogP contribution < -0.4 is 5.32 Å². The molecule has 1 atom stereocenters. The van der Waals surface area contributed by atoms with Crippen molar-refractivity contribution in [2.45, 2.75) is 57.9 Å². The molecule has 1 unspecified atom stereocenters. The molecule has 0 aromatic heterocycles. The van der Waals surface area contributed by atoms with Crippen LogP contribution in [-0.4, -0.2) is 36.5 Å². The fourth-order valence-electron chi connectivity index (χ4n) is 3.11. The molecule has 1 aliphatic heterocycles. The van der Waals surface area contributed by atoms with Gasteiger partial charge in [0.25, 0.3) is 0 Å². The fraction of sp³-hybridized carbons (Fsp3) is 0.929. The van der Waals surface area contributed by atoms with Crippen LogP contribution in [0.4, 0.5) is 0 Å². The minimum Gasteiger partial charge on any atom is -0.341 e. The predicted octanol–water partition coefficient (Wildman–Crippen LogP) is 2.17. The first-order valence-electron chi connectivity index (χ1n) is 7.33. The van der Waals surface area contributed by atoms with Gasteiger partial charge >= 0.3 is 0 Å². The lowest BCUT2D eigenvalue weighted by Gasteiger charge is -2.19. The first-order chi connectivity index (χ1) is 8.31. The highest BCUT2D eigenvalue weighted by Gasteiger charge is 2.31. The monoisotopic (exact) mass is 238 g/mol. The third-order valence-electron chi connectivity index (χ3n) is 4.22. The smallest absolute Gasteiger partial charge is 0.239 e. The SMILES string of the molecule is CCCNC1CCN(CCC2CCCC2)C1=O. The Morgan fingerprint density at radius 1 is 1.29 bits per heavy atom. The van der Waals surface area contributed by atoms with Gasteiger partial charge in [-0.25, -0.2) is 0 Å². The normalized spacial score (nSPS) is 26.1. The molecule has 1 saturated heterocycles. The van der Waals surface area contributed by atoms with E-state index >= 15 is 0 Å². The van der Waals surface area contributed by atoms with E-state index in [1.807, 2.05) is 0 Å². The minimum atomic E-state index is 0.110. The van der Waals surface area contributed by atoms with Gasteiger partial charge in [-0.15, -0.1) is 0 Å². The Kier molecular flexibility index (Phi) is 4.84. The third kappa shape index (κ3) is 3.44. The molecule has 2 aliphatic rings. The van der Waals surface area contributed by atoms with E-state index in [0.29, 0.717) is 5.91 Å². The number of hydrogen-bond acceptors (Lipinski definition) is 2. The molecule has 0 spiro atoms. The van der Waals surface area contributed by atoms with Crippen LogP contribution in [0.3, 0.4) is 0 Å². The maximum absolute atomic E-state index is 12.1. The number of carbonyl (C=O) groups excluding carboxylic acids is 1. The second-order valence-corrected chi connectivity index (χ2v) is 5.56. The molecule has 1 N–H and O–H groups in total. The first-order valence-corrected chi connectivity index (χ1v) is 7.33. The van der Waals surface area contributed by atoms with E-state index in [4.69, 9.17) is 0 Å². The van der Waals surface area contributed by atoms with Crippen molar-refractivity contribution in [1.29, 1.82) is 0 Å². The molecule has 0 bridgehead atoms. The molecule has 0 aromatic rings. The summed E-state index contributed by atoms with van der Waals surface area (Å²) in [5.41, 5.74) is 0. The van der Waals surface area contributed by atoms with E-state index < -0.39 is 0 Å². The predicted molar refractivity (Wildman–Crippen MR) is 69.9 cm³/mol. The van der Waals surface area contributed by atoms with Crippen LogP contribution in [0.2, 0.25) is 0 Å². The van der Waals surface area contributed by atoms with Gasteiger partial charge in [-0.1, -0.05) is 32.6 Å². The van der Waals surface area contributed by atoms with E-state index in [-0.39, 0.29) is 6.04 Å². The number of amides is 1. The number of likely N-dealkylation sites (tertiary alicyclic amines) is 1. The van der Waals surface area contributed by atoms with Gasteiger partial charge in [0.2, 0.25) is 5.91 Å². The molecule has 1 aliphatic carbocycles. The summed E-state index contributed by atoms with van der Waals surface area (Å²) in [6, 6.07) is 0.110. The summed E-state index contributed by atoms with van der Waals surface area (Å²) >= 11 is 0. The van der Waals surface area contributed by atoms with Crippen molar-refractivity contribution >= 4 is 5.91 Å². The quantitative estimate of drug-likeness (QED) is 0.769. The van der Waals surface area contributed by atoms with Crippen molar-refractivity contribution in [3.8, 4) is 0 Å². The van der Waals surface area contributed by atoms with Crippen LogP contribution >= 0.6 is 0 Å². The number of hydrogen-bond donors (Lipinski definition) is 1. The second-order valence-electron chi connectivity index (χ2n) is 5.56. The summed E-state index contributed by atoms with van der Waals surface area (Å²) in [6.07, 6.45) is 8.92. The standard InChI is InChI=1S/C14H26N2O/c1-2-9-15-13-8-11-16(14(13)17)10-7-12-5-3-4-6-12/h12-13,15H,2-11H2,1H3.